The molecule has 118 valence electrons. The van der Waals surface area contributed by atoms with Gasteiger partial charge in [-0.1, -0.05) is 37.5 Å². The van der Waals surface area contributed by atoms with Gasteiger partial charge in [0.1, 0.15) is 5.75 Å². The topological polar surface area (TPSA) is 64.3 Å². The van der Waals surface area contributed by atoms with Crippen molar-refractivity contribution >= 4 is 5.91 Å². The van der Waals surface area contributed by atoms with E-state index < -0.39 is 6.10 Å². The standard InChI is InChI=1S/C17H28N2O2/c1-5-6-7-10-19-17(20)14(4)21-16-9-8-12(2)11-15(16)13(3)18/h8-9,11,13-14H,5-7,10,18H2,1-4H3,(H,19,20)/t13-,14?/m1/s1. The number of amides is 1. The summed E-state index contributed by atoms with van der Waals surface area (Å²) in [5.74, 6) is 0.606. The summed E-state index contributed by atoms with van der Waals surface area (Å²) in [4.78, 5) is 12.0. The van der Waals surface area contributed by atoms with Gasteiger partial charge in [-0.05, 0) is 33.3 Å². The fraction of sp³-hybridized carbons (Fsp3) is 0.588. The Morgan fingerprint density at radius 1 is 1.33 bits per heavy atom. The number of hydrogen-bond acceptors (Lipinski definition) is 3. The minimum Gasteiger partial charge on any atom is -0.481 e. The van der Waals surface area contributed by atoms with E-state index in [4.69, 9.17) is 10.5 Å². The van der Waals surface area contributed by atoms with Gasteiger partial charge in [0.15, 0.2) is 6.10 Å². The van der Waals surface area contributed by atoms with Crippen molar-refractivity contribution in [2.75, 3.05) is 6.54 Å². The molecular formula is C17H28N2O2. The Kier molecular flexibility index (Phi) is 7.23. The highest BCUT2D eigenvalue weighted by atomic mass is 16.5. The second-order valence-corrected chi connectivity index (χ2v) is 5.59. The van der Waals surface area contributed by atoms with E-state index in [0.717, 1.165) is 30.4 Å². The minimum atomic E-state index is -0.521. The largest absolute Gasteiger partial charge is 0.481 e. The van der Waals surface area contributed by atoms with E-state index in [1.807, 2.05) is 32.0 Å². The van der Waals surface area contributed by atoms with Crippen LogP contribution in [0.1, 0.15) is 57.2 Å². The second-order valence-electron chi connectivity index (χ2n) is 5.59. The molecule has 1 amide bonds. The fourth-order valence-electron chi connectivity index (χ4n) is 2.11. The molecule has 0 aliphatic heterocycles. The molecule has 1 aromatic carbocycles. The monoisotopic (exact) mass is 292 g/mol. The highest BCUT2D eigenvalue weighted by Gasteiger charge is 2.17. The van der Waals surface area contributed by atoms with Gasteiger partial charge in [-0.15, -0.1) is 0 Å². The van der Waals surface area contributed by atoms with Crippen LogP contribution in [0.2, 0.25) is 0 Å². The molecule has 0 saturated heterocycles. The van der Waals surface area contributed by atoms with Gasteiger partial charge in [-0.2, -0.15) is 0 Å². The number of nitrogens with two attached hydrogens (primary N) is 1. The zero-order valence-corrected chi connectivity index (χ0v) is 13.6. The number of unbranched alkanes of at least 4 members (excludes halogenated alkanes) is 2. The van der Waals surface area contributed by atoms with Gasteiger partial charge in [0.05, 0.1) is 0 Å². The van der Waals surface area contributed by atoms with E-state index in [2.05, 4.69) is 12.2 Å². The molecule has 0 bridgehead atoms. The Bertz CT molecular complexity index is 458. The summed E-state index contributed by atoms with van der Waals surface area (Å²) < 4.78 is 5.79. The van der Waals surface area contributed by atoms with Crippen molar-refractivity contribution in [3.63, 3.8) is 0 Å². The number of carbonyl (C=O) groups excluding carboxylic acids is 1. The zero-order valence-electron chi connectivity index (χ0n) is 13.6. The van der Waals surface area contributed by atoms with Crippen LogP contribution >= 0.6 is 0 Å². The van der Waals surface area contributed by atoms with Gasteiger partial charge in [-0.25, -0.2) is 0 Å². The predicted molar refractivity (Wildman–Crippen MR) is 86.4 cm³/mol. The Balaban J connectivity index is 2.61. The van der Waals surface area contributed by atoms with Crippen molar-refractivity contribution in [2.45, 2.75) is 59.1 Å². The second kappa shape index (κ2) is 8.67. The molecular weight excluding hydrogens is 264 g/mol. The van der Waals surface area contributed by atoms with Crippen LogP contribution in [0.15, 0.2) is 18.2 Å². The minimum absolute atomic E-state index is 0.0812. The fourth-order valence-corrected chi connectivity index (χ4v) is 2.11. The van der Waals surface area contributed by atoms with Crippen LogP contribution in [0.4, 0.5) is 0 Å². The first kappa shape index (κ1) is 17.5. The molecule has 1 rings (SSSR count). The lowest BCUT2D eigenvalue weighted by atomic mass is 10.1. The van der Waals surface area contributed by atoms with Crippen molar-refractivity contribution in [2.24, 2.45) is 5.73 Å². The molecule has 3 N–H and O–H groups in total. The number of ether oxygens (including phenoxy) is 1. The number of nitrogens with one attached hydrogen (secondary N) is 1. The van der Waals surface area contributed by atoms with Crippen molar-refractivity contribution in [1.82, 2.24) is 5.32 Å². The third-order valence-electron chi connectivity index (χ3n) is 3.41. The van der Waals surface area contributed by atoms with Gasteiger partial charge in [0.2, 0.25) is 0 Å². The number of carbonyl (C=O) groups is 1. The number of benzene rings is 1. The molecule has 0 aromatic heterocycles. The summed E-state index contributed by atoms with van der Waals surface area (Å²) >= 11 is 0. The van der Waals surface area contributed by atoms with Crippen molar-refractivity contribution in [1.29, 1.82) is 0 Å². The smallest absolute Gasteiger partial charge is 0.260 e. The van der Waals surface area contributed by atoms with E-state index in [0.29, 0.717) is 12.3 Å². The Hall–Kier alpha value is -1.55. The maximum atomic E-state index is 12.0. The van der Waals surface area contributed by atoms with Gasteiger partial charge >= 0.3 is 0 Å². The lowest BCUT2D eigenvalue weighted by Crippen LogP contribution is -2.37. The molecule has 0 aliphatic rings. The molecule has 21 heavy (non-hydrogen) atoms. The number of aryl methyl sites for hydroxylation is 1. The lowest BCUT2D eigenvalue weighted by Gasteiger charge is -2.19. The van der Waals surface area contributed by atoms with Crippen LogP contribution in [0.5, 0.6) is 5.75 Å². The molecule has 0 fully saturated rings. The van der Waals surface area contributed by atoms with Crippen LogP contribution in [0, 0.1) is 6.92 Å². The summed E-state index contributed by atoms with van der Waals surface area (Å²) in [5.41, 5.74) is 8.03. The van der Waals surface area contributed by atoms with Crippen molar-refractivity contribution in [3.05, 3.63) is 29.3 Å². The molecule has 2 atom stereocenters. The van der Waals surface area contributed by atoms with E-state index in [1.54, 1.807) is 6.92 Å². The zero-order chi connectivity index (χ0) is 15.8. The van der Waals surface area contributed by atoms with Crippen LogP contribution in [0.3, 0.4) is 0 Å². The van der Waals surface area contributed by atoms with E-state index in [-0.39, 0.29) is 11.9 Å². The van der Waals surface area contributed by atoms with Crippen molar-refractivity contribution in [3.8, 4) is 5.75 Å². The first-order chi connectivity index (χ1) is 9.95. The maximum Gasteiger partial charge on any atom is 0.260 e. The number of rotatable bonds is 8. The van der Waals surface area contributed by atoms with Gasteiger partial charge in [-0.3, -0.25) is 4.79 Å². The lowest BCUT2D eigenvalue weighted by molar-refractivity contribution is -0.127. The molecule has 1 unspecified atom stereocenters. The Morgan fingerprint density at radius 3 is 2.67 bits per heavy atom. The number of hydrogen-bond donors (Lipinski definition) is 2. The van der Waals surface area contributed by atoms with Gasteiger partial charge in [0, 0.05) is 18.2 Å². The Labute approximate surface area is 128 Å². The van der Waals surface area contributed by atoms with Crippen LogP contribution in [0.25, 0.3) is 0 Å². The summed E-state index contributed by atoms with van der Waals surface area (Å²) in [5, 5.41) is 2.90. The third kappa shape index (κ3) is 5.76. The summed E-state index contributed by atoms with van der Waals surface area (Å²) in [6.45, 7) is 8.53. The van der Waals surface area contributed by atoms with E-state index in [9.17, 15) is 4.79 Å². The quantitative estimate of drug-likeness (QED) is 0.724. The molecule has 0 spiro atoms. The van der Waals surface area contributed by atoms with Crippen LogP contribution < -0.4 is 15.8 Å². The highest BCUT2D eigenvalue weighted by molar-refractivity contribution is 5.80. The summed E-state index contributed by atoms with van der Waals surface area (Å²) in [6, 6.07) is 5.73. The first-order valence-corrected chi connectivity index (χ1v) is 7.76. The van der Waals surface area contributed by atoms with E-state index in [1.165, 1.54) is 0 Å². The Morgan fingerprint density at radius 2 is 2.05 bits per heavy atom. The highest BCUT2D eigenvalue weighted by Crippen LogP contribution is 2.25. The average Bonchev–Trinajstić information content (AvgIpc) is 2.44. The SMILES string of the molecule is CCCCCNC(=O)C(C)Oc1ccc(C)cc1[C@@H](C)N. The molecule has 0 aliphatic carbocycles. The molecule has 0 heterocycles. The maximum absolute atomic E-state index is 12.0. The normalized spacial score (nSPS) is 13.6. The van der Waals surface area contributed by atoms with Gasteiger partial charge < -0.3 is 15.8 Å². The summed E-state index contributed by atoms with van der Waals surface area (Å²) in [7, 11) is 0. The molecule has 4 nitrogen and oxygen atoms in total. The third-order valence-corrected chi connectivity index (χ3v) is 3.41. The van der Waals surface area contributed by atoms with E-state index >= 15 is 0 Å². The average molecular weight is 292 g/mol. The molecule has 1 aromatic rings. The predicted octanol–water partition coefficient (Wildman–Crippen LogP) is 3.09. The molecule has 0 radical (unpaired) electrons. The van der Waals surface area contributed by atoms with Crippen molar-refractivity contribution < 1.29 is 9.53 Å². The van der Waals surface area contributed by atoms with Gasteiger partial charge in [0.25, 0.3) is 5.91 Å². The molecule has 0 saturated carbocycles. The first-order valence-electron chi connectivity index (χ1n) is 7.76. The molecule has 4 heteroatoms. The van der Waals surface area contributed by atoms with Crippen LogP contribution in [-0.4, -0.2) is 18.6 Å². The summed E-state index contributed by atoms with van der Waals surface area (Å²) in [6.07, 6.45) is 2.75. The van der Waals surface area contributed by atoms with Crippen LogP contribution in [-0.2, 0) is 4.79 Å².